The summed E-state index contributed by atoms with van der Waals surface area (Å²) in [5, 5.41) is 2.86. The summed E-state index contributed by atoms with van der Waals surface area (Å²) < 4.78 is 10.1. The third-order valence-electron chi connectivity index (χ3n) is 0.764. The predicted octanol–water partition coefficient (Wildman–Crippen LogP) is 2.16. The van der Waals surface area contributed by atoms with Crippen molar-refractivity contribution in [1.82, 2.24) is 0 Å². The Kier molecular flexibility index (Phi) is 2.43. The summed E-state index contributed by atoms with van der Waals surface area (Å²) in [6.07, 6.45) is 3.21. The highest BCUT2D eigenvalue weighted by molar-refractivity contribution is 7.38. The number of rotatable bonds is 1. The molecule has 0 radical (unpaired) electrons. The average Bonchev–Trinajstić information content (AvgIpc) is 2.13. The van der Waals surface area contributed by atoms with Crippen molar-refractivity contribution < 1.29 is 8.39 Å². The summed E-state index contributed by atoms with van der Waals surface area (Å²) in [6.45, 7) is 0. The first-order valence-electron chi connectivity index (χ1n) is 2.56. The van der Waals surface area contributed by atoms with E-state index >= 15 is 0 Å². The van der Waals surface area contributed by atoms with Crippen LogP contribution in [0.1, 0.15) is 0 Å². The van der Waals surface area contributed by atoms with E-state index in [0.29, 0.717) is 0 Å². The highest BCUT2D eigenvalue weighted by Crippen LogP contribution is 2.17. The molecular formula is C5H8NO2P. The summed E-state index contributed by atoms with van der Waals surface area (Å²) in [4.78, 5) is 0. The van der Waals surface area contributed by atoms with E-state index in [9.17, 15) is 0 Å². The van der Waals surface area contributed by atoms with E-state index in [4.69, 9.17) is 8.39 Å². The molecule has 4 heteroatoms. The van der Waals surface area contributed by atoms with Gasteiger partial charge in [0.2, 0.25) is 0 Å². The molecular weight excluding hydrogens is 137 g/mol. The molecule has 1 aromatic heterocycles. The summed E-state index contributed by atoms with van der Waals surface area (Å²) in [5.74, 6) is 0. The van der Waals surface area contributed by atoms with Crippen LogP contribution in [0.25, 0.3) is 0 Å². The lowest BCUT2D eigenvalue weighted by Gasteiger charge is -1.86. The van der Waals surface area contributed by atoms with Crippen molar-refractivity contribution >= 4 is 8.16 Å². The molecule has 50 valence electrons. The number of hydrogen-bond donors (Lipinski definition) is 1. The van der Waals surface area contributed by atoms with Gasteiger partial charge in [0.25, 0.3) is 0 Å². The van der Waals surface area contributed by atoms with Crippen molar-refractivity contribution in [2.45, 2.75) is 0 Å². The van der Waals surface area contributed by atoms with Crippen LogP contribution in [0, 0.1) is 0 Å². The lowest BCUT2D eigenvalue weighted by atomic mass is 10.7. The molecule has 0 spiro atoms. The third-order valence-corrected chi connectivity index (χ3v) is 1.76. The monoisotopic (exact) mass is 145 g/mol. The van der Waals surface area contributed by atoms with Gasteiger partial charge in [0, 0.05) is 0 Å². The fourth-order valence-corrected chi connectivity index (χ4v) is 1.02. The van der Waals surface area contributed by atoms with Crippen LogP contribution >= 0.6 is 8.16 Å². The zero-order valence-corrected chi connectivity index (χ0v) is 5.97. The summed E-state index contributed by atoms with van der Waals surface area (Å²) >= 11 is 0. The van der Waals surface area contributed by atoms with Gasteiger partial charge in [-0.2, -0.15) is 0 Å². The van der Waals surface area contributed by atoms with Gasteiger partial charge in [-0.25, -0.2) is 5.09 Å². The highest BCUT2D eigenvalue weighted by Gasteiger charge is 1.82. The van der Waals surface area contributed by atoms with Crippen LogP contribution in [0.15, 0.2) is 33.1 Å². The summed E-state index contributed by atoms with van der Waals surface area (Å²) in [5.41, 5.74) is 0. The van der Waals surface area contributed by atoms with E-state index in [0.717, 1.165) is 0 Å². The smallest absolute Gasteiger partial charge is 0.305 e. The van der Waals surface area contributed by atoms with Gasteiger partial charge < -0.3 is 8.39 Å². The molecule has 1 heterocycles. The minimum absolute atomic E-state index is 0.920. The maximum absolute atomic E-state index is 5.04. The summed E-state index contributed by atoms with van der Waals surface area (Å²) in [7, 11) is 0.871. The Morgan fingerprint density at radius 1 is 1.22 bits per heavy atom. The fourth-order valence-electron chi connectivity index (χ4n) is 0.402. The molecule has 9 heavy (non-hydrogen) atoms. The fraction of sp³-hybridized carbons (Fsp3) is 0.200. The van der Waals surface area contributed by atoms with Gasteiger partial charge in [-0.3, -0.25) is 0 Å². The molecule has 0 aliphatic rings. The maximum atomic E-state index is 5.04. The van der Waals surface area contributed by atoms with Crippen LogP contribution in [-0.2, 0) is 0 Å². The van der Waals surface area contributed by atoms with Crippen molar-refractivity contribution in [2.24, 2.45) is 0 Å². The van der Waals surface area contributed by atoms with E-state index in [1.54, 1.807) is 31.7 Å². The second-order valence-corrected chi connectivity index (χ2v) is 2.73. The van der Waals surface area contributed by atoms with Gasteiger partial charge in [0.15, 0.2) is 0 Å². The first-order chi connectivity index (χ1) is 4.43. The first-order valence-corrected chi connectivity index (χ1v) is 3.74. The SMILES string of the molecule is CNp1occcco1. The van der Waals surface area contributed by atoms with Gasteiger partial charge in [-0.1, -0.05) is 0 Å². The summed E-state index contributed by atoms with van der Waals surface area (Å²) in [6, 6.07) is 3.55. The average molecular weight is 145 g/mol. The Hall–Kier alpha value is -0.660. The van der Waals surface area contributed by atoms with Crippen molar-refractivity contribution in [3.8, 4) is 0 Å². The van der Waals surface area contributed by atoms with Crippen LogP contribution < -0.4 is 5.09 Å². The number of nitrogens with one attached hydrogen (secondary N) is 1. The molecule has 0 saturated carbocycles. The zero-order valence-electron chi connectivity index (χ0n) is 5.07. The lowest BCUT2D eigenvalue weighted by Crippen LogP contribution is -1.75. The Balaban J connectivity index is 2.97. The van der Waals surface area contributed by atoms with Crippen LogP contribution in [0.3, 0.4) is 0 Å². The molecule has 0 bridgehead atoms. The minimum Gasteiger partial charge on any atom is -0.417 e. The second-order valence-electron chi connectivity index (χ2n) is 1.35. The van der Waals surface area contributed by atoms with Gasteiger partial charge in [-0.15, -0.1) is 0 Å². The maximum Gasteiger partial charge on any atom is 0.305 e. The molecule has 0 aromatic carbocycles. The molecule has 0 aliphatic carbocycles. The third kappa shape index (κ3) is 1.96. The molecule has 0 fully saturated rings. The van der Waals surface area contributed by atoms with Gasteiger partial charge in [0.05, 0.1) is 12.5 Å². The van der Waals surface area contributed by atoms with Crippen molar-refractivity contribution in [3.63, 3.8) is 0 Å². The van der Waals surface area contributed by atoms with Gasteiger partial charge >= 0.3 is 8.16 Å². The standard InChI is InChI=1S/C5H8NO2P/c1-6-9-7-4-2-3-5-8-9/h2-6H,1H3. The molecule has 0 aliphatic heterocycles. The molecule has 0 unspecified atom stereocenters. The van der Waals surface area contributed by atoms with Crippen LogP contribution in [0.5, 0.6) is 0 Å². The first kappa shape index (κ1) is 6.46. The molecule has 1 aromatic rings. The molecule has 0 amide bonds. The van der Waals surface area contributed by atoms with Crippen molar-refractivity contribution in [2.75, 3.05) is 12.1 Å². The Labute approximate surface area is 54.3 Å². The van der Waals surface area contributed by atoms with Gasteiger partial charge in [-0.05, 0) is 19.2 Å². The lowest BCUT2D eigenvalue weighted by molar-refractivity contribution is 0.592. The Morgan fingerprint density at radius 3 is 2.22 bits per heavy atom. The molecule has 1 rings (SSSR count). The zero-order chi connectivity index (χ0) is 6.53. The van der Waals surface area contributed by atoms with Crippen molar-refractivity contribution in [3.05, 3.63) is 24.7 Å². The molecule has 0 saturated heterocycles. The second kappa shape index (κ2) is 3.38. The van der Waals surface area contributed by atoms with E-state index in [1.807, 2.05) is 0 Å². The predicted molar refractivity (Wildman–Crippen MR) is 36.6 cm³/mol. The quantitative estimate of drug-likeness (QED) is 0.657. The Morgan fingerprint density at radius 2 is 1.78 bits per heavy atom. The number of hydrogen-bond acceptors (Lipinski definition) is 3. The van der Waals surface area contributed by atoms with E-state index in [2.05, 4.69) is 5.09 Å². The minimum atomic E-state index is -0.920. The van der Waals surface area contributed by atoms with Crippen LogP contribution in [0.4, 0.5) is 0 Å². The van der Waals surface area contributed by atoms with Crippen LogP contribution in [0.2, 0.25) is 0 Å². The van der Waals surface area contributed by atoms with Crippen molar-refractivity contribution in [1.29, 1.82) is 0 Å². The topological polar surface area (TPSA) is 38.3 Å². The Bertz CT molecular complexity index is 180. The molecule has 1 N–H and O–H groups in total. The van der Waals surface area contributed by atoms with E-state index in [-0.39, 0.29) is 0 Å². The van der Waals surface area contributed by atoms with E-state index < -0.39 is 8.16 Å². The largest absolute Gasteiger partial charge is 0.417 e. The van der Waals surface area contributed by atoms with E-state index in [1.165, 1.54) is 0 Å². The molecule has 3 nitrogen and oxygen atoms in total. The van der Waals surface area contributed by atoms with Crippen LogP contribution in [-0.4, -0.2) is 7.05 Å². The molecule has 0 atom stereocenters. The highest BCUT2D eigenvalue weighted by atomic mass is 31.1. The normalized spacial score (nSPS) is 9.00. The van der Waals surface area contributed by atoms with Gasteiger partial charge in [0.1, 0.15) is 0 Å².